The summed E-state index contributed by atoms with van der Waals surface area (Å²) >= 11 is 5.92. The molecule has 4 aromatic rings. The molecule has 0 fully saturated rings. The number of aromatic hydroxyl groups is 1. The van der Waals surface area contributed by atoms with E-state index in [9.17, 15) is 32.3 Å². The van der Waals surface area contributed by atoms with Crippen LogP contribution in [0.3, 0.4) is 0 Å². The first-order chi connectivity index (χ1) is 16.0. The number of hydrogen-bond acceptors (Lipinski definition) is 4. The van der Waals surface area contributed by atoms with Gasteiger partial charge in [0.05, 0.1) is 28.3 Å². The smallest absolute Gasteiger partial charge is 0.418 e. The molecule has 0 bridgehead atoms. The number of hydrogen-bond donors (Lipinski definition) is 2. The Kier molecular flexibility index (Phi) is 6.05. The second-order valence-electron chi connectivity index (χ2n) is 7.32. The molecular formula is C24H14ClF4NO4. The summed E-state index contributed by atoms with van der Waals surface area (Å²) in [5.74, 6) is -2.37. The Labute approximate surface area is 194 Å². The first-order valence-electron chi connectivity index (χ1n) is 9.75. The Hall–Kier alpha value is -3.85. The van der Waals surface area contributed by atoms with E-state index in [1.165, 1.54) is 12.1 Å². The number of phenols is 1. The maximum atomic E-state index is 13.4. The van der Waals surface area contributed by atoms with Gasteiger partial charge in [-0.2, -0.15) is 13.2 Å². The standard InChI is InChI=1S/C24H14ClF4NO4/c25-17-11-20-14(9-19(17)31)22(12-4-2-1-3-5-12)15(23(33)34-20)10-21(32)30-18-7-6-13(26)8-16(18)24(27,28)29/h1-9,11,31H,10H2,(H,30,32). The number of fused-ring (bicyclic) bond motifs is 1. The average molecular weight is 492 g/mol. The lowest BCUT2D eigenvalue weighted by Crippen LogP contribution is -2.22. The van der Waals surface area contributed by atoms with Crippen LogP contribution >= 0.6 is 11.6 Å². The molecule has 2 N–H and O–H groups in total. The molecule has 0 saturated carbocycles. The van der Waals surface area contributed by atoms with Crippen molar-refractivity contribution >= 4 is 34.2 Å². The maximum absolute atomic E-state index is 13.4. The number of amides is 1. The van der Waals surface area contributed by atoms with Crippen LogP contribution in [0.2, 0.25) is 5.02 Å². The monoisotopic (exact) mass is 491 g/mol. The number of alkyl halides is 3. The highest BCUT2D eigenvalue weighted by molar-refractivity contribution is 6.32. The number of phenolic OH excluding ortho intramolecular Hbond substituents is 1. The molecule has 0 atom stereocenters. The molecule has 5 nitrogen and oxygen atoms in total. The van der Waals surface area contributed by atoms with E-state index in [2.05, 4.69) is 5.32 Å². The summed E-state index contributed by atoms with van der Waals surface area (Å²) in [4.78, 5) is 25.5. The molecule has 1 aromatic heterocycles. The summed E-state index contributed by atoms with van der Waals surface area (Å²) in [6.45, 7) is 0. The largest absolute Gasteiger partial charge is 0.506 e. The number of rotatable bonds is 4. The summed E-state index contributed by atoms with van der Waals surface area (Å²) in [7, 11) is 0. The second-order valence-corrected chi connectivity index (χ2v) is 7.73. The number of carbonyl (C=O) groups excluding carboxylic acids is 1. The predicted molar refractivity (Wildman–Crippen MR) is 118 cm³/mol. The Bertz CT molecular complexity index is 1470. The first-order valence-corrected chi connectivity index (χ1v) is 10.1. The minimum Gasteiger partial charge on any atom is -0.506 e. The highest BCUT2D eigenvalue weighted by Crippen LogP contribution is 2.37. The quantitative estimate of drug-likeness (QED) is 0.265. The highest BCUT2D eigenvalue weighted by atomic mass is 35.5. The van der Waals surface area contributed by atoms with Crippen molar-refractivity contribution in [1.82, 2.24) is 0 Å². The number of halogens is 5. The SMILES string of the molecule is O=C(Cc1c(-c2ccccc2)c2cc(O)c(Cl)cc2oc1=O)Nc1ccc(F)cc1C(F)(F)F. The van der Waals surface area contributed by atoms with E-state index in [4.69, 9.17) is 16.0 Å². The van der Waals surface area contributed by atoms with E-state index < -0.39 is 41.2 Å². The molecule has 1 amide bonds. The summed E-state index contributed by atoms with van der Waals surface area (Å²) in [6, 6.07) is 12.8. The van der Waals surface area contributed by atoms with E-state index in [0.717, 1.165) is 12.1 Å². The van der Waals surface area contributed by atoms with Gasteiger partial charge in [-0.3, -0.25) is 4.79 Å². The van der Waals surface area contributed by atoms with Crippen molar-refractivity contribution in [2.45, 2.75) is 12.6 Å². The molecular weight excluding hydrogens is 478 g/mol. The van der Waals surface area contributed by atoms with Crippen LogP contribution in [0.15, 0.2) is 69.9 Å². The van der Waals surface area contributed by atoms with Gasteiger partial charge in [-0.25, -0.2) is 9.18 Å². The van der Waals surface area contributed by atoms with Crippen molar-refractivity contribution in [2.75, 3.05) is 5.32 Å². The van der Waals surface area contributed by atoms with Gasteiger partial charge in [0, 0.05) is 17.0 Å². The fourth-order valence-electron chi connectivity index (χ4n) is 3.56. The van der Waals surface area contributed by atoms with Crippen molar-refractivity contribution in [3.05, 3.63) is 93.1 Å². The second kappa shape index (κ2) is 8.83. The highest BCUT2D eigenvalue weighted by Gasteiger charge is 2.34. The van der Waals surface area contributed by atoms with Crippen LogP contribution in [0, 0.1) is 5.82 Å². The zero-order valence-electron chi connectivity index (χ0n) is 17.0. The Balaban J connectivity index is 1.82. The van der Waals surface area contributed by atoms with Crippen molar-refractivity contribution in [3.8, 4) is 16.9 Å². The summed E-state index contributed by atoms with van der Waals surface area (Å²) in [5, 5.41) is 12.4. The minimum atomic E-state index is -4.92. The molecule has 10 heteroatoms. The number of carbonyl (C=O) groups is 1. The summed E-state index contributed by atoms with van der Waals surface area (Å²) in [6.07, 6.45) is -5.57. The van der Waals surface area contributed by atoms with Crippen molar-refractivity contribution < 1.29 is 31.9 Å². The van der Waals surface area contributed by atoms with Crippen molar-refractivity contribution in [2.24, 2.45) is 0 Å². The van der Waals surface area contributed by atoms with Crippen molar-refractivity contribution in [1.29, 1.82) is 0 Å². The number of benzene rings is 3. The number of nitrogens with one attached hydrogen (secondary N) is 1. The third kappa shape index (κ3) is 4.60. The van der Waals surface area contributed by atoms with Crippen LogP contribution in [0.5, 0.6) is 5.75 Å². The maximum Gasteiger partial charge on any atom is 0.418 e. The molecule has 0 spiro atoms. The van der Waals surface area contributed by atoms with Gasteiger partial charge in [0.15, 0.2) is 0 Å². The van der Waals surface area contributed by atoms with Gasteiger partial charge in [-0.15, -0.1) is 0 Å². The van der Waals surface area contributed by atoms with Crippen LogP contribution in [-0.4, -0.2) is 11.0 Å². The van der Waals surface area contributed by atoms with Crippen LogP contribution in [-0.2, 0) is 17.4 Å². The third-order valence-corrected chi connectivity index (χ3v) is 5.33. The molecule has 0 saturated heterocycles. The van der Waals surface area contributed by atoms with Gasteiger partial charge in [0.1, 0.15) is 17.1 Å². The Morgan fingerprint density at radius 2 is 1.76 bits per heavy atom. The van der Waals surface area contributed by atoms with Gasteiger partial charge in [0.25, 0.3) is 0 Å². The molecule has 4 rings (SSSR count). The van der Waals surface area contributed by atoms with Gasteiger partial charge < -0.3 is 14.8 Å². The topological polar surface area (TPSA) is 79.5 Å². The van der Waals surface area contributed by atoms with E-state index in [0.29, 0.717) is 5.56 Å². The Morgan fingerprint density at radius 3 is 2.44 bits per heavy atom. The average Bonchev–Trinajstić information content (AvgIpc) is 2.77. The molecule has 34 heavy (non-hydrogen) atoms. The molecule has 3 aromatic carbocycles. The lowest BCUT2D eigenvalue weighted by atomic mass is 9.95. The van der Waals surface area contributed by atoms with E-state index in [1.807, 2.05) is 0 Å². The Morgan fingerprint density at radius 1 is 1.06 bits per heavy atom. The number of anilines is 1. The van der Waals surface area contributed by atoms with E-state index in [1.54, 1.807) is 30.3 Å². The summed E-state index contributed by atoms with van der Waals surface area (Å²) < 4.78 is 58.5. The zero-order chi connectivity index (χ0) is 24.6. The van der Waals surface area contributed by atoms with Gasteiger partial charge in [0.2, 0.25) is 5.91 Å². The van der Waals surface area contributed by atoms with Crippen LogP contribution in [0.4, 0.5) is 23.2 Å². The van der Waals surface area contributed by atoms with Gasteiger partial charge in [-0.1, -0.05) is 41.9 Å². The van der Waals surface area contributed by atoms with Gasteiger partial charge in [-0.05, 0) is 29.8 Å². The predicted octanol–water partition coefficient (Wildman–Crippen LogP) is 6.16. The molecule has 0 aliphatic heterocycles. The van der Waals surface area contributed by atoms with E-state index >= 15 is 0 Å². The van der Waals surface area contributed by atoms with Crippen molar-refractivity contribution in [3.63, 3.8) is 0 Å². The lowest BCUT2D eigenvalue weighted by Gasteiger charge is -2.15. The third-order valence-electron chi connectivity index (χ3n) is 5.03. The van der Waals surface area contributed by atoms with Crippen LogP contribution in [0.25, 0.3) is 22.1 Å². The molecule has 0 aliphatic carbocycles. The lowest BCUT2D eigenvalue weighted by molar-refractivity contribution is -0.137. The van der Waals surface area contributed by atoms with Crippen LogP contribution < -0.4 is 10.9 Å². The molecule has 0 radical (unpaired) electrons. The van der Waals surface area contributed by atoms with Crippen LogP contribution in [0.1, 0.15) is 11.1 Å². The van der Waals surface area contributed by atoms with E-state index in [-0.39, 0.29) is 38.9 Å². The summed E-state index contributed by atoms with van der Waals surface area (Å²) in [5.41, 5.74) is -2.27. The molecule has 1 heterocycles. The molecule has 0 unspecified atom stereocenters. The molecule has 174 valence electrons. The first kappa shape index (κ1) is 23.3. The fraction of sp³-hybridized carbons (Fsp3) is 0.0833. The fourth-order valence-corrected chi connectivity index (χ4v) is 3.71. The minimum absolute atomic E-state index is 0.0497. The van der Waals surface area contributed by atoms with Gasteiger partial charge >= 0.3 is 11.8 Å². The normalized spacial score (nSPS) is 11.6. The molecule has 0 aliphatic rings. The zero-order valence-corrected chi connectivity index (χ0v) is 17.8.